The lowest BCUT2D eigenvalue weighted by Gasteiger charge is -2.24. The third-order valence-electron chi connectivity index (χ3n) is 4.33. The van der Waals surface area contributed by atoms with Crippen LogP contribution in [0.15, 0.2) is 16.9 Å². The molecule has 1 amide bonds. The van der Waals surface area contributed by atoms with E-state index < -0.39 is 0 Å². The van der Waals surface area contributed by atoms with Gasteiger partial charge in [0.25, 0.3) is 5.56 Å². The molecule has 7 nitrogen and oxygen atoms in total. The fourth-order valence-corrected chi connectivity index (χ4v) is 3.52. The molecule has 0 spiro atoms. The number of aromatic amines is 1. The average Bonchev–Trinajstić information content (AvgIpc) is 3.11. The molecule has 1 atom stereocenters. The van der Waals surface area contributed by atoms with E-state index in [9.17, 15) is 9.59 Å². The molecule has 24 heavy (non-hydrogen) atoms. The van der Waals surface area contributed by atoms with E-state index in [1.54, 1.807) is 16.8 Å². The number of benzene rings is 1. The van der Waals surface area contributed by atoms with E-state index in [1.165, 1.54) is 0 Å². The predicted molar refractivity (Wildman–Crippen MR) is 88.1 cm³/mol. The molecule has 2 aliphatic rings. The Hall–Kier alpha value is -2.41. The molecule has 0 saturated heterocycles. The molecular formula is C16H16ClN3O4. The van der Waals surface area contributed by atoms with E-state index in [4.69, 9.17) is 21.1 Å². The van der Waals surface area contributed by atoms with Crippen LogP contribution in [-0.4, -0.2) is 22.5 Å². The normalized spacial score (nSPS) is 18.7. The van der Waals surface area contributed by atoms with Gasteiger partial charge in [0, 0.05) is 18.4 Å². The highest BCUT2D eigenvalue weighted by atomic mass is 35.5. The summed E-state index contributed by atoms with van der Waals surface area (Å²) in [5.41, 5.74) is 1.09. The smallest absolute Gasteiger partial charge is 0.270 e. The Morgan fingerprint density at radius 3 is 2.83 bits per heavy atom. The molecule has 8 heteroatoms. The zero-order valence-corrected chi connectivity index (χ0v) is 13.9. The van der Waals surface area contributed by atoms with Crippen LogP contribution in [0.25, 0.3) is 0 Å². The third kappa shape index (κ3) is 2.19. The Bertz CT molecular complexity index is 899. The van der Waals surface area contributed by atoms with Crippen LogP contribution in [0, 0.1) is 0 Å². The second-order valence-corrected chi connectivity index (χ2v) is 6.62. The number of fused-ring (bicyclic) bond motifs is 2. The number of nitrogens with one attached hydrogen (secondary N) is 2. The number of rotatable bonds is 2. The van der Waals surface area contributed by atoms with Crippen molar-refractivity contribution in [2.45, 2.75) is 32.2 Å². The van der Waals surface area contributed by atoms with Crippen LogP contribution in [-0.2, 0) is 4.79 Å². The Labute approximate surface area is 142 Å². The van der Waals surface area contributed by atoms with E-state index in [0.29, 0.717) is 27.9 Å². The van der Waals surface area contributed by atoms with Gasteiger partial charge in [-0.2, -0.15) is 0 Å². The van der Waals surface area contributed by atoms with Gasteiger partial charge in [-0.15, -0.1) is 0 Å². The van der Waals surface area contributed by atoms with Crippen molar-refractivity contribution in [3.63, 3.8) is 0 Å². The number of halogens is 1. The quantitative estimate of drug-likeness (QED) is 0.872. The molecule has 2 aliphatic heterocycles. The summed E-state index contributed by atoms with van der Waals surface area (Å²) in [5, 5.41) is 6.01. The third-order valence-corrected chi connectivity index (χ3v) is 4.61. The first-order chi connectivity index (χ1) is 11.5. The van der Waals surface area contributed by atoms with Gasteiger partial charge in [0.05, 0.1) is 10.6 Å². The van der Waals surface area contributed by atoms with E-state index in [0.717, 1.165) is 5.56 Å². The van der Waals surface area contributed by atoms with Crippen LogP contribution in [0.2, 0.25) is 5.02 Å². The predicted octanol–water partition coefficient (Wildman–Crippen LogP) is 2.61. The average molecular weight is 350 g/mol. The number of nitrogens with zero attached hydrogens (tertiary/aromatic N) is 1. The Morgan fingerprint density at radius 2 is 2.08 bits per heavy atom. The van der Waals surface area contributed by atoms with Gasteiger partial charge < -0.3 is 14.8 Å². The van der Waals surface area contributed by atoms with E-state index >= 15 is 0 Å². The van der Waals surface area contributed by atoms with Crippen LogP contribution in [0.4, 0.5) is 5.82 Å². The molecule has 1 aromatic heterocycles. The van der Waals surface area contributed by atoms with E-state index in [2.05, 4.69) is 10.4 Å². The summed E-state index contributed by atoms with van der Waals surface area (Å²) < 4.78 is 12.4. The monoisotopic (exact) mass is 349 g/mol. The lowest BCUT2D eigenvalue weighted by molar-refractivity contribution is -0.116. The number of anilines is 1. The SMILES string of the molecule is CC(C)n1[nH]c(=O)c2c1NC(=O)CC2c1cc(Cl)c2c(c1)OCO2. The van der Waals surface area contributed by atoms with Gasteiger partial charge in [-0.1, -0.05) is 11.6 Å². The lowest BCUT2D eigenvalue weighted by Crippen LogP contribution is -2.27. The summed E-state index contributed by atoms with van der Waals surface area (Å²) in [6.45, 7) is 3.98. The van der Waals surface area contributed by atoms with Crippen molar-refractivity contribution in [3.05, 3.63) is 38.6 Å². The molecule has 0 radical (unpaired) electrons. The van der Waals surface area contributed by atoms with Crippen molar-refractivity contribution < 1.29 is 14.3 Å². The van der Waals surface area contributed by atoms with Crippen molar-refractivity contribution in [1.82, 2.24) is 9.78 Å². The number of carbonyl (C=O) groups is 1. The number of aromatic nitrogens is 2. The topological polar surface area (TPSA) is 85.4 Å². The molecule has 126 valence electrons. The van der Waals surface area contributed by atoms with E-state index in [1.807, 2.05) is 13.8 Å². The maximum absolute atomic E-state index is 12.5. The summed E-state index contributed by atoms with van der Waals surface area (Å²) in [6.07, 6.45) is 0.175. The van der Waals surface area contributed by atoms with Crippen LogP contribution in [0.5, 0.6) is 11.5 Å². The Morgan fingerprint density at radius 1 is 1.29 bits per heavy atom. The minimum atomic E-state index is -0.385. The summed E-state index contributed by atoms with van der Waals surface area (Å²) in [4.78, 5) is 24.7. The second kappa shape index (κ2) is 5.31. The van der Waals surface area contributed by atoms with Gasteiger partial charge in [0.2, 0.25) is 12.7 Å². The lowest BCUT2D eigenvalue weighted by atomic mass is 9.87. The van der Waals surface area contributed by atoms with Gasteiger partial charge in [0.15, 0.2) is 11.5 Å². The van der Waals surface area contributed by atoms with Crippen molar-refractivity contribution in [1.29, 1.82) is 0 Å². The fourth-order valence-electron chi connectivity index (χ4n) is 3.24. The van der Waals surface area contributed by atoms with Crippen LogP contribution in [0.3, 0.4) is 0 Å². The zero-order chi connectivity index (χ0) is 17.0. The van der Waals surface area contributed by atoms with Gasteiger partial charge in [-0.25, -0.2) is 0 Å². The van der Waals surface area contributed by atoms with Gasteiger partial charge in [0.1, 0.15) is 5.82 Å². The highest BCUT2D eigenvalue weighted by molar-refractivity contribution is 6.32. The maximum Gasteiger partial charge on any atom is 0.270 e. The highest BCUT2D eigenvalue weighted by Crippen LogP contribution is 2.44. The molecule has 1 aromatic carbocycles. The zero-order valence-electron chi connectivity index (χ0n) is 13.2. The molecule has 4 rings (SSSR count). The standard InChI is InChI=1S/C16H16ClN3O4/c1-7(2)20-15-13(16(22)19-20)9(5-12(21)18-15)8-3-10(17)14-11(4-8)23-6-24-14/h3-4,7,9H,5-6H2,1-2H3,(H,18,21)(H,19,22). The molecule has 0 saturated carbocycles. The Kier molecular flexibility index (Phi) is 3.35. The van der Waals surface area contributed by atoms with Gasteiger partial charge in [-0.3, -0.25) is 19.4 Å². The number of ether oxygens (including phenoxy) is 2. The van der Waals surface area contributed by atoms with Gasteiger partial charge >= 0.3 is 0 Å². The summed E-state index contributed by atoms with van der Waals surface area (Å²) in [7, 11) is 0. The summed E-state index contributed by atoms with van der Waals surface area (Å²) in [5.74, 6) is 1.02. The molecule has 0 bridgehead atoms. The molecule has 2 aromatic rings. The molecule has 0 aliphatic carbocycles. The van der Waals surface area contributed by atoms with Crippen molar-refractivity contribution in [3.8, 4) is 11.5 Å². The maximum atomic E-state index is 12.5. The fraction of sp³-hybridized carbons (Fsp3) is 0.375. The van der Waals surface area contributed by atoms with Crippen molar-refractivity contribution in [2.24, 2.45) is 0 Å². The first-order valence-electron chi connectivity index (χ1n) is 7.69. The minimum absolute atomic E-state index is 0.0147. The number of amides is 1. The Balaban J connectivity index is 1.88. The van der Waals surface area contributed by atoms with E-state index in [-0.39, 0.29) is 36.6 Å². The van der Waals surface area contributed by atoms with Crippen LogP contribution >= 0.6 is 11.6 Å². The first kappa shape index (κ1) is 15.1. The summed E-state index contributed by atoms with van der Waals surface area (Å²) >= 11 is 6.26. The molecular weight excluding hydrogens is 334 g/mol. The van der Waals surface area contributed by atoms with Crippen molar-refractivity contribution >= 4 is 23.3 Å². The minimum Gasteiger partial charge on any atom is -0.454 e. The molecule has 2 N–H and O–H groups in total. The first-order valence-corrected chi connectivity index (χ1v) is 8.06. The number of carbonyl (C=O) groups excluding carboxylic acids is 1. The number of hydrogen-bond acceptors (Lipinski definition) is 4. The highest BCUT2D eigenvalue weighted by Gasteiger charge is 2.34. The van der Waals surface area contributed by atoms with Gasteiger partial charge in [-0.05, 0) is 31.5 Å². The largest absolute Gasteiger partial charge is 0.454 e. The summed E-state index contributed by atoms with van der Waals surface area (Å²) in [6, 6.07) is 3.53. The second-order valence-electron chi connectivity index (χ2n) is 6.21. The van der Waals surface area contributed by atoms with Crippen molar-refractivity contribution in [2.75, 3.05) is 12.1 Å². The molecule has 0 fully saturated rings. The number of hydrogen-bond donors (Lipinski definition) is 2. The molecule has 1 unspecified atom stereocenters. The number of H-pyrrole nitrogens is 1. The van der Waals surface area contributed by atoms with Crippen LogP contribution in [0.1, 0.15) is 43.4 Å². The van der Waals surface area contributed by atoms with Crippen LogP contribution < -0.4 is 20.3 Å². The molecule has 3 heterocycles.